The first-order chi connectivity index (χ1) is 10.2. The molecule has 1 amide bonds. The molecule has 0 spiro atoms. The standard InChI is InChI=1S/C17H33N3O/c1-3-19(4-2)14-15-9-12-20(13-10-15)17(21)8-7-16-6-5-11-18-16/h15-16,18H,3-14H2,1-2H3. The van der Waals surface area contributed by atoms with Gasteiger partial charge in [0.25, 0.3) is 0 Å². The van der Waals surface area contributed by atoms with Gasteiger partial charge >= 0.3 is 0 Å². The number of likely N-dealkylation sites (tertiary alicyclic amines) is 1. The highest BCUT2D eigenvalue weighted by molar-refractivity contribution is 5.76. The number of nitrogens with one attached hydrogen (secondary N) is 1. The Balaban J connectivity index is 1.64. The van der Waals surface area contributed by atoms with Crippen LogP contribution in [0.1, 0.15) is 52.4 Å². The Bertz CT molecular complexity index is 303. The molecule has 4 heteroatoms. The van der Waals surface area contributed by atoms with Gasteiger partial charge in [-0.15, -0.1) is 0 Å². The molecular formula is C17H33N3O. The molecule has 4 nitrogen and oxygen atoms in total. The lowest BCUT2D eigenvalue weighted by molar-refractivity contribution is -0.132. The monoisotopic (exact) mass is 295 g/mol. The van der Waals surface area contributed by atoms with Crippen molar-refractivity contribution in [2.45, 2.75) is 58.4 Å². The van der Waals surface area contributed by atoms with Crippen molar-refractivity contribution in [2.75, 3.05) is 39.3 Å². The lowest BCUT2D eigenvalue weighted by atomic mass is 9.95. The number of amides is 1. The summed E-state index contributed by atoms with van der Waals surface area (Å²) in [5.41, 5.74) is 0. The molecule has 122 valence electrons. The van der Waals surface area contributed by atoms with E-state index in [-0.39, 0.29) is 0 Å². The van der Waals surface area contributed by atoms with E-state index < -0.39 is 0 Å². The molecule has 1 unspecified atom stereocenters. The van der Waals surface area contributed by atoms with Crippen molar-refractivity contribution in [2.24, 2.45) is 5.92 Å². The predicted octanol–water partition coefficient (Wildman–Crippen LogP) is 2.10. The van der Waals surface area contributed by atoms with E-state index in [4.69, 9.17) is 0 Å². The van der Waals surface area contributed by atoms with E-state index in [1.807, 2.05) is 0 Å². The highest BCUT2D eigenvalue weighted by atomic mass is 16.2. The summed E-state index contributed by atoms with van der Waals surface area (Å²) in [6.45, 7) is 11.1. The Labute approximate surface area is 130 Å². The second-order valence-corrected chi connectivity index (χ2v) is 6.64. The molecule has 0 aromatic carbocycles. The van der Waals surface area contributed by atoms with E-state index in [0.29, 0.717) is 11.9 Å². The first-order valence-electron chi connectivity index (χ1n) is 8.96. The highest BCUT2D eigenvalue weighted by Crippen LogP contribution is 2.20. The van der Waals surface area contributed by atoms with Gasteiger partial charge in [0, 0.05) is 32.1 Å². The smallest absolute Gasteiger partial charge is 0.222 e. The van der Waals surface area contributed by atoms with Gasteiger partial charge in [0.1, 0.15) is 0 Å². The Kier molecular flexibility index (Phi) is 6.97. The number of nitrogens with zero attached hydrogens (tertiary/aromatic N) is 2. The van der Waals surface area contributed by atoms with Gasteiger partial charge in [-0.2, -0.15) is 0 Å². The van der Waals surface area contributed by atoms with Crippen LogP contribution in [0.25, 0.3) is 0 Å². The van der Waals surface area contributed by atoms with Gasteiger partial charge in [0.15, 0.2) is 0 Å². The molecule has 0 aliphatic carbocycles. The fourth-order valence-corrected chi connectivity index (χ4v) is 3.67. The maximum absolute atomic E-state index is 12.3. The molecule has 2 aliphatic rings. The van der Waals surface area contributed by atoms with E-state index in [2.05, 4.69) is 29.0 Å². The third-order valence-corrected chi connectivity index (χ3v) is 5.25. The van der Waals surface area contributed by atoms with Crippen LogP contribution in [-0.4, -0.2) is 61.0 Å². The van der Waals surface area contributed by atoms with Crippen molar-refractivity contribution in [1.82, 2.24) is 15.1 Å². The molecule has 0 aromatic heterocycles. The normalized spacial score (nSPS) is 24.0. The second-order valence-electron chi connectivity index (χ2n) is 6.64. The van der Waals surface area contributed by atoms with E-state index >= 15 is 0 Å². The lowest BCUT2D eigenvalue weighted by Gasteiger charge is -2.34. The van der Waals surface area contributed by atoms with Crippen LogP contribution in [0.15, 0.2) is 0 Å². The molecule has 0 saturated carbocycles. The van der Waals surface area contributed by atoms with Crippen LogP contribution >= 0.6 is 0 Å². The van der Waals surface area contributed by atoms with Crippen molar-refractivity contribution in [3.8, 4) is 0 Å². The van der Waals surface area contributed by atoms with E-state index in [1.54, 1.807) is 0 Å². The Morgan fingerprint density at radius 2 is 1.90 bits per heavy atom. The van der Waals surface area contributed by atoms with Gasteiger partial charge in [-0.3, -0.25) is 4.79 Å². The molecular weight excluding hydrogens is 262 g/mol. The van der Waals surface area contributed by atoms with Crippen molar-refractivity contribution in [3.63, 3.8) is 0 Å². The van der Waals surface area contributed by atoms with Crippen molar-refractivity contribution in [3.05, 3.63) is 0 Å². The molecule has 2 aliphatic heterocycles. The minimum absolute atomic E-state index is 0.380. The average molecular weight is 295 g/mol. The summed E-state index contributed by atoms with van der Waals surface area (Å²) in [6.07, 6.45) is 6.65. The van der Waals surface area contributed by atoms with Gasteiger partial charge in [-0.1, -0.05) is 13.8 Å². The van der Waals surface area contributed by atoms with Crippen molar-refractivity contribution in [1.29, 1.82) is 0 Å². The lowest BCUT2D eigenvalue weighted by Crippen LogP contribution is -2.42. The van der Waals surface area contributed by atoms with Gasteiger partial charge in [0.05, 0.1) is 0 Å². The predicted molar refractivity (Wildman–Crippen MR) is 87.4 cm³/mol. The zero-order valence-corrected chi connectivity index (χ0v) is 13.9. The summed E-state index contributed by atoms with van der Waals surface area (Å²) < 4.78 is 0. The SMILES string of the molecule is CCN(CC)CC1CCN(C(=O)CCC2CCCN2)CC1. The molecule has 1 atom stereocenters. The molecule has 0 radical (unpaired) electrons. The number of piperidine rings is 1. The van der Waals surface area contributed by atoms with Crippen LogP contribution in [0.4, 0.5) is 0 Å². The highest BCUT2D eigenvalue weighted by Gasteiger charge is 2.24. The summed E-state index contributed by atoms with van der Waals surface area (Å²) in [5.74, 6) is 1.16. The third-order valence-electron chi connectivity index (χ3n) is 5.25. The fraction of sp³-hybridized carbons (Fsp3) is 0.941. The van der Waals surface area contributed by atoms with Crippen molar-refractivity contribution >= 4 is 5.91 Å². The van der Waals surface area contributed by atoms with Gasteiger partial charge < -0.3 is 15.1 Å². The molecule has 21 heavy (non-hydrogen) atoms. The topological polar surface area (TPSA) is 35.6 Å². The zero-order valence-electron chi connectivity index (χ0n) is 13.9. The van der Waals surface area contributed by atoms with E-state index in [9.17, 15) is 4.79 Å². The second kappa shape index (κ2) is 8.74. The van der Waals surface area contributed by atoms with Gasteiger partial charge in [-0.05, 0) is 57.7 Å². The number of carbonyl (C=O) groups excluding carboxylic acids is 1. The Morgan fingerprint density at radius 1 is 1.19 bits per heavy atom. The molecule has 0 aromatic rings. The summed E-state index contributed by atoms with van der Waals surface area (Å²) in [7, 11) is 0. The number of hydrogen-bond donors (Lipinski definition) is 1. The maximum atomic E-state index is 12.3. The maximum Gasteiger partial charge on any atom is 0.222 e. The van der Waals surface area contributed by atoms with E-state index in [1.165, 1.54) is 32.2 Å². The minimum Gasteiger partial charge on any atom is -0.343 e. The van der Waals surface area contributed by atoms with Crippen LogP contribution in [0.3, 0.4) is 0 Å². The fourth-order valence-electron chi connectivity index (χ4n) is 3.67. The molecule has 0 bridgehead atoms. The zero-order chi connectivity index (χ0) is 15.1. The summed E-state index contributed by atoms with van der Waals surface area (Å²) in [6, 6.07) is 0.592. The van der Waals surface area contributed by atoms with Gasteiger partial charge in [-0.25, -0.2) is 0 Å². The third kappa shape index (κ3) is 5.26. The number of hydrogen-bond acceptors (Lipinski definition) is 3. The molecule has 2 heterocycles. The van der Waals surface area contributed by atoms with Crippen LogP contribution in [0.2, 0.25) is 0 Å². The molecule has 2 rings (SSSR count). The quantitative estimate of drug-likeness (QED) is 0.781. The number of rotatable bonds is 7. The average Bonchev–Trinajstić information content (AvgIpc) is 3.04. The molecule has 2 fully saturated rings. The number of carbonyl (C=O) groups is 1. The molecule has 2 saturated heterocycles. The van der Waals surface area contributed by atoms with Crippen LogP contribution in [-0.2, 0) is 4.79 Å². The first-order valence-corrected chi connectivity index (χ1v) is 8.96. The van der Waals surface area contributed by atoms with Gasteiger partial charge in [0.2, 0.25) is 5.91 Å². The molecule has 1 N–H and O–H groups in total. The Hall–Kier alpha value is -0.610. The largest absolute Gasteiger partial charge is 0.343 e. The van der Waals surface area contributed by atoms with E-state index in [0.717, 1.165) is 51.5 Å². The minimum atomic E-state index is 0.380. The summed E-state index contributed by atoms with van der Waals surface area (Å²) >= 11 is 0. The van der Waals surface area contributed by atoms with Crippen LogP contribution in [0.5, 0.6) is 0 Å². The summed E-state index contributed by atoms with van der Waals surface area (Å²) in [4.78, 5) is 16.9. The van der Waals surface area contributed by atoms with Crippen molar-refractivity contribution < 1.29 is 4.79 Å². The summed E-state index contributed by atoms with van der Waals surface area (Å²) in [5, 5.41) is 3.48. The van der Waals surface area contributed by atoms with Crippen LogP contribution < -0.4 is 5.32 Å². The van der Waals surface area contributed by atoms with Crippen LogP contribution in [0, 0.1) is 5.92 Å². The Morgan fingerprint density at radius 3 is 2.48 bits per heavy atom. The first kappa shape index (κ1) is 16.8.